The summed E-state index contributed by atoms with van der Waals surface area (Å²) in [5.74, 6) is -0.167. The monoisotopic (exact) mass is 260 g/mol. The van der Waals surface area contributed by atoms with Crippen LogP contribution in [0.5, 0.6) is 0 Å². The summed E-state index contributed by atoms with van der Waals surface area (Å²) in [6.07, 6.45) is 0.0295. The summed E-state index contributed by atoms with van der Waals surface area (Å²) in [6, 6.07) is 4.79. The third-order valence-electron chi connectivity index (χ3n) is 2.29. The molecule has 0 saturated carbocycles. The molecule has 0 amide bonds. The minimum absolute atomic E-state index is 0.00802. The Kier molecular flexibility index (Phi) is 3.82. The molecule has 1 saturated heterocycles. The molecule has 1 aromatic carbocycles. The van der Waals surface area contributed by atoms with E-state index in [4.69, 9.17) is 32.7 Å². The number of halogens is 2. The van der Waals surface area contributed by atoms with Crippen LogP contribution >= 0.6 is 23.2 Å². The predicted octanol–water partition coefficient (Wildman–Crippen LogP) is 2.59. The summed E-state index contributed by atoms with van der Waals surface area (Å²) in [4.78, 5) is 11.8. The molecular weight excluding hydrogens is 251 g/mol. The molecule has 0 aromatic heterocycles. The number of hydrogen-bond donors (Lipinski definition) is 0. The first-order valence-corrected chi connectivity index (χ1v) is 5.60. The fourth-order valence-corrected chi connectivity index (χ4v) is 1.69. The van der Waals surface area contributed by atoms with Crippen LogP contribution in [0.2, 0.25) is 10.0 Å². The molecule has 1 aliphatic heterocycles. The average Bonchev–Trinajstić information content (AvgIpc) is 2.19. The van der Waals surface area contributed by atoms with E-state index in [1.807, 2.05) is 0 Å². The van der Waals surface area contributed by atoms with Gasteiger partial charge in [0.25, 0.3) is 0 Å². The van der Waals surface area contributed by atoms with E-state index >= 15 is 0 Å². The lowest BCUT2D eigenvalue weighted by Gasteiger charge is -2.25. The van der Waals surface area contributed by atoms with Gasteiger partial charge in [0.1, 0.15) is 12.7 Å². The van der Waals surface area contributed by atoms with Crippen molar-refractivity contribution in [1.29, 1.82) is 0 Å². The van der Waals surface area contributed by atoms with E-state index in [2.05, 4.69) is 0 Å². The molecule has 0 spiro atoms. The van der Waals surface area contributed by atoms with Crippen LogP contribution in [-0.2, 0) is 9.47 Å². The van der Waals surface area contributed by atoms with Crippen LogP contribution in [0.15, 0.2) is 18.2 Å². The molecule has 2 rings (SSSR count). The Morgan fingerprint density at radius 2 is 2.19 bits per heavy atom. The van der Waals surface area contributed by atoms with Crippen molar-refractivity contribution in [2.45, 2.75) is 6.10 Å². The van der Waals surface area contributed by atoms with Gasteiger partial charge < -0.3 is 9.47 Å². The Morgan fingerprint density at radius 3 is 2.81 bits per heavy atom. The normalized spacial score (nSPS) is 15.9. The van der Waals surface area contributed by atoms with Gasteiger partial charge in [-0.2, -0.15) is 0 Å². The molecule has 0 N–H and O–H groups in total. The lowest BCUT2D eigenvalue weighted by atomic mass is 10.1. The smallest absolute Gasteiger partial charge is 0.190 e. The highest BCUT2D eigenvalue weighted by Crippen LogP contribution is 2.21. The average molecular weight is 261 g/mol. The third kappa shape index (κ3) is 2.74. The lowest BCUT2D eigenvalue weighted by Crippen LogP contribution is -2.37. The van der Waals surface area contributed by atoms with Gasteiger partial charge in [-0.05, 0) is 18.2 Å². The molecule has 1 aliphatic rings. The Bertz CT molecular complexity index is 402. The number of Topliss-reactive ketones (excluding diaryl/α,β-unsaturated/α-hetero) is 1. The number of ketones is 1. The molecule has 0 radical (unpaired) electrons. The standard InChI is InChI=1S/C11H10Cl2O3/c12-7-1-2-10(13)9(3-7)11(14)6-16-8-4-15-5-8/h1-3,8H,4-6H2. The van der Waals surface area contributed by atoms with Gasteiger partial charge in [-0.3, -0.25) is 4.79 Å². The van der Waals surface area contributed by atoms with Crippen LogP contribution in [0.1, 0.15) is 10.4 Å². The molecule has 0 unspecified atom stereocenters. The Labute approximate surface area is 103 Å². The zero-order valence-electron chi connectivity index (χ0n) is 8.41. The van der Waals surface area contributed by atoms with Crippen molar-refractivity contribution in [3.8, 4) is 0 Å². The Hall–Kier alpha value is -0.610. The largest absolute Gasteiger partial charge is 0.376 e. The van der Waals surface area contributed by atoms with Crippen LogP contribution in [0.4, 0.5) is 0 Å². The van der Waals surface area contributed by atoms with E-state index in [0.717, 1.165) is 0 Å². The molecule has 1 aromatic rings. The fourth-order valence-electron chi connectivity index (χ4n) is 1.29. The van der Waals surface area contributed by atoms with E-state index in [-0.39, 0.29) is 18.5 Å². The molecule has 86 valence electrons. The zero-order chi connectivity index (χ0) is 11.5. The Morgan fingerprint density at radius 1 is 1.44 bits per heavy atom. The van der Waals surface area contributed by atoms with Crippen LogP contribution in [-0.4, -0.2) is 31.7 Å². The highest BCUT2D eigenvalue weighted by atomic mass is 35.5. The van der Waals surface area contributed by atoms with E-state index in [0.29, 0.717) is 28.8 Å². The summed E-state index contributed by atoms with van der Waals surface area (Å²) in [7, 11) is 0. The molecule has 1 fully saturated rings. The van der Waals surface area contributed by atoms with E-state index < -0.39 is 0 Å². The summed E-state index contributed by atoms with van der Waals surface area (Å²) >= 11 is 11.7. The second-order valence-corrected chi connectivity index (χ2v) is 4.36. The second kappa shape index (κ2) is 5.15. The van der Waals surface area contributed by atoms with Gasteiger partial charge in [-0.25, -0.2) is 0 Å². The highest BCUT2D eigenvalue weighted by molar-refractivity contribution is 6.35. The minimum atomic E-state index is -0.167. The molecule has 5 heteroatoms. The summed E-state index contributed by atoms with van der Waals surface area (Å²) in [5.41, 5.74) is 0.398. The number of benzene rings is 1. The first-order chi connectivity index (χ1) is 7.66. The van der Waals surface area contributed by atoms with Crippen molar-refractivity contribution < 1.29 is 14.3 Å². The second-order valence-electron chi connectivity index (χ2n) is 3.52. The Balaban J connectivity index is 1.99. The topological polar surface area (TPSA) is 35.5 Å². The van der Waals surface area contributed by atoms with Crippen molar-refractivity contribution in [3.63, 3.8) is 0 Å². The number of carbonyl (C=O) groups excluding carboxylic acids is 1. The lowest BCUT2D eigenvalue weighted by molar-refractivity contribution is -0.123. The van der Waals surface area contributed by atoms with Crippen molar-refractivity contribution in [2.24, 2.45) is 0 Å². The van der Waals surface area contributed by atoms with Gasteiger partial charge in [-0.15, -0.1) is 0 Å². The van der Waals surface area contributed by atoms with Gasteiger partial charge in [0, 0.05) is 10.6 Å². The van der Waals surface area contributed by atoms with Gasteiger partial charge in [0.2, 0.25) is 0 Å². The van der Waals surface area contributed by atoms with E-state index in [1.165, 1.54) is 0 Å². The summed E-state index contributed by atoms with van der Waals surface area (Å²) < 4.78 is 10.2. The predicted molar refractivity (Wildman–Crippen MR) is 61.4 cm³/mol. The maximum absolute atomic E-state index is 11.8. The first-order valence-electron chi connectivity index (χ1n) is 4.84. The van der Waals surface area contributed by atoms with Crippen molar-refractivity contribution in [2.75, 3.05) is 19.8 Å². The van der Waals surface area contributed by atoms with Crippen molar-refractivity contribution >= 4 is 29.0 Å². The number of hydrogen-bond acceptors (Lipinski definition) is 3. The highest BCUT2D eigenvalue weighted by Gasteiger charge is 2.21. The van der Waals surface area contributed by atoms with Gasteiger partial charge in [0.05, 0.1) is 18.2 Å². The van der Waals surface area contributed by atoms with Gasteiger partial charge >= 0.3 is 0 Å². The number of carbonyl (C=O) groups is 1. The quantitative estimate of drug-likeness (QED) is 0.781. The number of ether oxygens (including phenoxy) is 2. The molecule has 1 heterocycles. The SMILES string of the molecule is O=C(COC1COC1)c1cc(Cl)ccc1Cl. The maximum Gasteiger partial charge on any atom is 0.190 e. The molecule has 0 bridgehead atoms. The maximum atomic E-state index is 11.8. The molecule has 3 nitrogen and oxygen atoms in total. The van der Waals surface area contributed by atoms with Crippen molar-refractivity contribution in [3.05, 3.63) is 33.8 Å². The van der Waals surface area contributed by atoms with Crippen LogP contribution in [0.25, 0.3) is 0 Å². The fraction of sp³-hybridized carbons (Fsp3) is 0.364. The molecular formula is C11H10Cl2O3. The van der Waals surface area contributed by atoms with Gasteiger partial charge in [-0.1, -0.05) is 23.2 Å². The van der Waals surface area contributed by atoms with E-state index in [9.17, 15) is 4.79 Å². The molecule has 0 atom stereocenters. The van der Waals surface area contributed by atoms with E-state index in [1.54, 1.807) is 18.2 Å². The number of rotatable bonds is 4. The first kappa shape index (κ1) is 11.9. The van der Waals surface area contributed by atoms with Crippen LogP contribution in [0.3, 0.4) is 0 Å². The van der Waals surface area contributed by atoms with Crippen LogP contribution in [0, 0.1) is 0 Å². The zero-order valence-corrected chi connectivity index (χ0v) is 9.92. The molecule has 0 aliphatic carbocycles. The summed E-state index contributed by atoms with van der Waals surface area (Å²) in [6.45, 7) is 1.11. The van der Waals surface area contributed by atoms with Crippen molar-refractivity contribution in [1.82, 2.24) is 0 Å². The molecule has 16 heavy (non-hydrogen) atoms. The van der Waals surface area contributed by atoms with Gasteiger partial charge in [0.15, 0.2) is 5.78 Å². The third-order valence-corrected chi connectivity index (χ3v) is 2.85. The van der Waals surface area contributed by atoms with Crippen LogP contribution < -0.4 is 0 Å². The summed E-state index contributed by atoms with van der Waals surface area (Å²) in [5, 5.41) is 0.877. The minimum Gasteiger partial charge on any atom is -0.376 e.